The topological polar surface area (TPSA) is 40.5 Å². The van der Waals surface area contributed by atoms with Gasteiger partial charge in [0.15, 0.2) is 0 Å². The fourth-order valence-corrected chi connectivity index (χ4v) is 3.02. The molecule has 0 bridgehead atoms. The van der Waals surface area contributed by atoms with Crippen molar-refractivity contribution in [3.05, 3.63) is 0 Å². The monoisotopic (exact) mass is 255 g/mol. The molecule has 0 aromatic rings. The van der Waals surface area contributed by atoms with E-state index in [0.717, 1.165) is 12.5 Å². The van der Waals surface area contributed by atoms with E-state index in [4.69, 9.17) is 5.11 Å². The predicted molar refractivity (Wildman–Crippen MR) is 74.7 cm³/mol. The van der Waals surface area contributed by atoms with Crippen molar-refractivity contribution in [2.45, 2.75) is 65.3 Å². The Kier molecular flexibility index (Phi) is 6.69. The second kappa shape index (κ2) is 7.78. The molecule has 106 valence electrons. The molecule has 3 heteroatoms. The number of hydrogen-bond donors (Lipinski definition) is 1. The molecule has 0 aromatic heterocycles. The van der Waals surface area contributed by atoms with Crippen molar-refractivity contribution >= 4 is 5.97 Å². The minimum Gasteiger partial charge on any atom is -0.481 e. The first-order valence-electron chi connectivity index (χ1n) is 7.53. The Labute approximate surface area is 112 Å². The van der Waals surface area contributed by atoms with E-state index in [1.165, 1.54) is 38.5 Å². The van der Waals surface area contributed by atoms with Gasteiger partial charge in [-0.05, 0) is 31.7 Å². The molecule has 3 unspecified atom stereocenters. The molecule has 0 amide bonds. The number of nitrogens with zero attached hydrogens (tertiary/aromatic N) is 1. The lowest BCUT2D eigenvalue weighted by molar-refractivity contribution is -0.142. The van der Waals surface area contributed by atoms with Gasteiger partial charge in [-0.15, -0.1) is 0 Å². The summed E-state index contributed by atoms with van der Waals surface area (Å²) in [6.07, 6.45) is 7.55. The van der Waals surface area contributed by atoms with E-state index in [1.807, 2.05) is 6.92 Å². The average molecular weight is 255 g/mol. The number of carbonyl (C=O) groups is 1. The molecule has 1 saturated carbocycles. The van der Waals surface area contributed by atoms with Crippen LogP contribution in [0.5, 0.6) is 0 Å². The van der Waals surface area contributed by atoms with Crippen LogP contribution in [0.25, 0.3) is 0 Å². The third-order valence-corrected chi connectivity index (χ3v) is 4.26. The second-order valence-corrected chi connectivity index (χ2v) is 5.92. The van der Waals surface area contributed by atoms with Crippen LogP contribution in [0.15, 0.2) is 0 Å². The zero-order valence-corrected chi connectivity index (χ0v) is 12.2. The molecule has 0 radical (unpaired) electrons. The predicted octanol–water partition coefficient (Wildman–Crippen LogP) is 3.39. The summed E-state index contributed by atoms with van der Waals surface area (Å²) < 4.78 is 0. The van der Waals surface area contributed by atoms with Crippen molar-refractivity contribution in [1.29, 1.82) is 0 Å². The van der Waals surface area contributed by atoms with Crippen molar-refractivity contribution in [3.8, 4) is 0 Å². The number of unbranched alkanes of at least 4 members (excludes halogenated alkanes) is 1. The maximum absolute atomic E-state index is 11.0. The Morgan fingerprint density at radius 3 is 2.61 bits per heavy atom. The quantitative estimate of drug-likeness (QED) is 0.758. The summed E-state index contributed by atoms with van der Waals surface area (Å²) in [7, 11) is 0. The van der Waals surface area contributed by atoms with Crippen molar-refractivity contribution < 1.29 is 9.90 Å². The van der Waals surface area contributed by atoms with Crippen molar-refractivity contribution in [1.82, 2.24) is 4.90 Å². The summed E-state index contributed by atoms with van der Waals surface area (Å²) >= 11 is 0. The number of hydrogen-bond acceptors (Lipinski definition) is 2. The van der Waals surface area contributed by atoms with Gasteiger partial charge in [0.2, 0.25) is 0 Å². The third-order valence-electron chi connectivity index (χ3n) is 4.26. The Hall–Kier alpha value is -0.570. The fourth-order valence-electron chi connectivity index (χ4n) is 3.02. The Morgan fingerprint density at radius 2 is 2.06 bits per heavy atom. The van der Waals surface area contributed by atoms with Crippen LogP contribution in [-0.4, -0.2) is 35.1 Å². The highest BCUT2D eigenvalue weighted by atomic mass is 16.4. The van der Waals surface area contributed by atoms with E-state index in [2.05, 4.69) is 18.7 Å². The molecule has 1 N–H and O–H groups in total. The highest BCUT2D eigenvalue weighted by Gasteiger charge is 2.28. The molecule has 0 saturated heterocycles. The van der Waals surface area contributed by atoms with Crippen LogP contribution in [0.2, 0.25) is 0 Å². The SMILES string of the molecule is CCCCN(CC(C)C(=O)O)C1CCCCC1C. The van der Waals surface area contributed by atoms with Gasteiger partial charge in [-0.25, -0.2) is 0 Å². The summed E-state index contributed by atoms with van der Waals surface area (Å²) in [6.45, 7) is 8.12. The van der Waals surface area contributed by atoms with E-state index in [1.54, 1.807) is 0 Å². The molecule has 1 rings (SSSR count). The standard InChI is InChI=1S/C15H29NO2/c1-4-5-10-16(11-13(3)15(17)18)14-9-7-6-8-12(14)2/h12-14H,4-11H2,1-3H3,(H,17,18). The van der Waals surface area contributed by atoms with E-state index < -0.39 is 5.97 Å². The summed E-state index contributed by atoms with van der Waals surface area (Å²) in [5.41, 5.74) is 0. The lowest BCUT2D eigenvalue weighted by Crippen LogP contribution is -2.45. The first-order chi connectivity index (χ1) is 8.56. The summed E-state index contributed by atoms with van der Waals surface area (Å²) in [6, 6.07) is 0.604. The van der Waals surface area contributed by atoms with Gasteiger partial charge in [0.25, 0.3) is 0 Å². The van der Waals surface area contributed by atoms with Crippen LogP contribution in [-0.2, 0) is 4.79 Å². The van der Waals surface area contributed by atoms with Gasteiger partial charge in [-0.2, -0.15) is 0 Å². The lowest BCUT2D eigenvalue weighted by atomic mass is 9.84. The van der Waals surface area contributed by atoms with Crippen molar-refractivity contribution in [3.63, 3.8) is 0 Å². The van der Waals surface area contributed by atoms with Crippen molar-refractivity contribution in [2.24, 2.45) is 11.8 Å². The van der Waals surface area contributed by atoms with E-state index in [0.29, 0.717) is 12.6 Å². The van der Waals surface area contributed by atoms with E-state index >= 15 is 0 Å². The number of rotatable bonds is 7. The Morgan fingerprint density at radius 1 is 1.39 bits per heavy atom. The maximum Gasteiger partial charge on any atom is 0.307 e. The number of aliphatic carboxylic acids is 1. The summed E-state index contributed by atoms with van der Waals surface area (Å²) in [4.78, 5) is 13.5. The fraction of sp³-hybridized carbons (Fsp3) is 0.933. The minimum atomic E-state index is -0.667. The highest BCUT2D eigenvalue weighted by molar-refractivity contribution is 5.69. The van der Waals surface area contributed by atoms with Crippen LogP contribution < -0.4 is 0 Å². The third kappa shape index (κ3) is 4.60. The maximum atomic E-state index is 11.0. The van der Waals surface area contributed by atoms with Crippen LogP contribution in [0.1, 0.15) is 59.3 Å². The molecule has 3 nitrogen and oxygen atoms in total. The molecule has 1 aliphatic rings. The van der Waals surface area contributed by atoms with Gasteiger partial charge in [0.05, 0.1) is 5.92 Å². The van der Waals surface area contributed by atoms with Gasteiger partial charge >= 0.3 is 5.97 Å². The summed E-state index contributed by atoms with van der Waals surface area (Å²) in [5, 5.41) is 9.09. The van der Waals surface area contributed by atoms with Gasteiger partial charge < -0.3 is 5.11 Å². The molecular weight excluding hydrogens is 226 g/mol. The van der Waals surface area contributed by atoms with Gasteiger partial charge in [-0.3, -0.25) is 9.69 Å². The van der Waals surface area contributed by atoms with E-state index in [-0.39, 0.29) is 5.92 Å². The Bertz CT molecular complexity index is 255. The smallest absolute Gasteiger partial charge is 0.307 e. The first-order valence-corrected chi connectivity index (χ1v) is 7.53. The van der Waals surface area contributed by atoms with Gasteiger partial charge in [-0.1, -0.05) is 40.0 Å². The van der Waals surface area contributed by atoms with Crippen molar-refractivity contribution in [2.75, 3.05) is 13.1 Å². The highest BCUT2D eigenvalue weighted by Crippen LogP contribution is 2.28. The van der Waals surface area contributed by atoms with Gasteiger partial charge in [0, 0.05) is 12.6 Å². The molecule has 0 spiro atoms. The average Bonchev–Trinajstić information content (AvgIpc) is 2.35. The molecule has 1 aliphatic carbocycles. The first kappa shape index (κ1) is 15.5. The lowest BCUT2D eigenvalue weighted by Gasteiger charge is -2.39. The minimum absolute atomic E-state index is 0.254. The normalized spacial score (nSPS) is 26.2. The number of carboxylic acids is 1. The van der Waals surface area contributed by atoms with Gasteiger partial charge in [0.1, 0.15) is 0 Å². The molecule has 18 heavy (non-hydrogen) atoms. The zero-order chi connectivity index (χ0) is 13.5. The molecular formula is C15H29NO2. The molecule has 1 fully saturated rings. The number of carboxylic acid groups (broad SMARTS) is 1. The second-order valence-electron chi connectivity index (χ2n) is 5.92. The summed E-state index contributed by atoms with van der Waals surface area (Å²) in [5.74, 6) is -0.201. The van der Waals surface area contributed by atoms with Crippen LogP contribution in [0.3, 0.4) is 0 Å². The van der Waals surface area contributed by atoms with Crippen LogP contribution in [0, 0.1) is 11.8 Å². The van der Waals surface area contributed by atoms with Crippen LogP contribution in [0.4, 0.5) is 0 Å². The Balaban J connectivity index is 2.60. The molecule has 0 aromatic carbocycles. The van der Waals surface area contributed by atoms with E-state index in [9.17, 15) is 4.79 Å². The largest absolute Gasteiger partial charge is 0.481 e. The zero-order valence-electron chi connectivity index (χ0n) is 12.2. The molecule has 0 heterocycles. The molecule has 0 aliphatic heterocycles. The molecule has 3 atom stereocenters. The van der Waals surface area contributed by atoms with Crippen LogP contribution >= 0.6 is 0 Å².